The molecule has 0 aliphatic carbocycles. The van der Waals surface area contributed by atoms with Gasteiger partial charge in [-0.25, -0.2) is 5.10 Å². The van der Waals surface area contributed by atoms with Crippen LogP contribution in [0, 0.1) is 0 Å². The molecule has 0 radical (unpaired) electrons. The monoisotopic (exact) mass is 197 g/mol. The van der Waals surface area contributed by atoms with Crippen molar-refractivity contribution in [3.8, 4) is 0 Å². The lowest BCUT2D eigenvalue weighted by molar-refractivity contribution is 0.205. The minimum Gasteiger partial charge on any atom is -0.383 e. The minimum absolute atomic E-state index is 0.182. The lowest BCUT2D eigenvalue weighted by Gasteiger charge is -2.21. The van der Waals surface area contributed by atoms with Crippen LogP contribution < -0.4 is 10.5 Å². The van der Waals surface area contributed by atoms with Crippen LogP contribution in [-0.2, 0) is 4.74 Å². The van der Waals surface area contributed by atoms with E-state index < -0.39 is 0 Å². The van der Waals surface area contributed by atoms with E-state index in [1.165, 1.54) is 6.07 Å². The average molecular weight is 197 g/mol. The van der Waals surface area contributed by atoms with Crippen LogP contribution in [0.25, 0.3) is 0 Å². The van der Waals surface area contributed by atoms with Crippen molar-refractivity contribution < 1.29 is 4.74 Å². The van der Waals surface area contributed by atoms with Crippen molar-refractivity contribution in [1.29, 1.82) is 0 Å². The summed E-state index contributed by atoms with van der Waals surface area (Å²) in [5, 5.41) is 6.08. The zero-order valence-corrected chi connectivity index (χ0v) is 8.49. The number of hydrogen-bond acceptors (Lipinski definition) is 4. The molecule has 0 atom stereocenters. The molecule has 1 aromatic heterocycles. The molecule has 1 N–H and O–H groups in total. The van der Waals surface area contributed by atoms with E-state index in [-0.39, 0.29) is 5.56 Å². The number of nitrogens with one attached hydrogen (secondary N) is 1. The Bertz CT molecular complexity index is 324. The van der Waals surface area contributed by atoms with Crippen molar-refractivity contribution in [3.63, 3.8) is 0 Å². The predicted octanol–water partition coefficient (Wildman–Crippen LogP) is 0.243. The van der Waals surface area contributed by atoms with E-state index in [4.69, 9.17) is 4.74 Å². The van der Waals surface area contributed by atoms with Gasteiger partial charge in [-0.1, -0.05) is 0 Å². The normalized spacial score (nSPS) is 10.1. The third kappa shape index (κ3) is 2.85. The Morgan fingerprint density at radius 1 is 1.64 bits per heavy atom. The Morgan fingerprint density at radius 3 is 3.00 bits per heavy atom. The van der Waals surface area contributed by atoms with Crippen LogP contribution in [0.5, 0.6) is 0 Å². The summed E-state index contributed by atoms with van der Waals surface area (Å²) in [5.74, 6) is 0. The number of aromatic amines is 1. The zero-order valence-electron chi connectivity index (χ0n) is 8.49. The molecule has 0 saturated carbocycles. The van der Waals surface area contributed by atoms with Crippen LogP contribution in [0.3, 0.4) is 0 Å². The molecule has 1 rings (SSSR count). The van der Waals surface area contributed by atoms with E-state index in [9.17, 15) is 4.79 Å². The van der Waals surface area contributed by atoms with Gasteiger partial charge in [-0.3, -0.25) is 4.79 Å². The molecule has 0 aliphatic heterocycles. The van der Waals surface area contributed by atoms with Gasteiger partial charge < -0.3 is 9.64 Å². The van der Waals surface area contributed by atoms with Gasteiger partial charge in [0.25, 0.3) is 5.56 Å². The summed E-state index contributed by atoms with van der Waals surface area (Å²) in [6.45, 7) is 4.25. The third-order valence-corrected chi connectivity index (χ3v) is 1.96. The van der Waals surface area contributed by atoms with Gasteiger partial charge in [0.2, 0.25) is 0 Å². The molecule has 0 saturated heterocycles. The minimum atomic E-state index is -0.182. The summed E-state index contributed by atoms with van der Waals surface area (Å²) >= 11 is 0. The molecule has 5 nitrogen and oxygen atoms in total. The number of H-pyrrole nitrogens is 1. The Balaban J connectivity index is 2.73. The standard InChI is InChI=1S/C9H15N3O2/c1-3-12(4-5-14-2)8-6-9(13)11-10-7-8/h6-7H,3-5H2,1-2H3,(H,11,13). The molecule has 78 valence electrons. The van der Waals surface area contributed by atoms with Crippen LogP contribution in [0.1, 0.15) is 6.92 Å². The van der Waals surface area contributed by atoms with Gasteiger partial charge in [0.15, 0.2) is 0 Å². The molecule has 0 aromatic carbocycles. The lowest BCUT2D eigenvalue weighted by atomic mass is 10.4. The van der Waals surface area contributed by atoms with E-state index in [0.717, 1.165) is 18.8 Å². The van der Waals surface area contributed by atoms with Crippen molar-refractivity contribution >= 4 is 5.69 Å². The summed E-state index contributed by atoms with van der Waals surface area (Å²) in [7, 11) is 1.66. The molecule has 0 spiro atoms. The SMILES string of the molecule is CCN(CCOC)c1cn[nH]c(=O)c1. The highest BCUT2D eigenvalue weighted by atomic mass is 16.5. The van der Waals surface area contributed by atoms with Crippen molar-refractivity contribution in [2.24, 2.45) is 0 Å². The number of hydrogen-bond donors (Lipinski definition) is 1. The molecule has 5 heteroatoms. The Morgan fingerprint density at radius 2 is 2.43 bits per heavy atom. The topological polar surface area (TPSA) is 58.2 Å². The molecule has 0 unspecified atom stereocenters. The van der Waals surface area contributed by atoms with E-state index >= 15 is 0 Å². The largest absolute Gasteiger partial charge is 0.383 e. The highest BCUT2D eigenvalue weighted by Crippen LogP contribution is 2.07. The Kier molecular flexibility index (Phi) is 4.12. The first-order valence-corrected chi connectivity index (χ1v) is 4.56. The van der Waals surface area contributed by atoms with Crippen LogP contribution in [0.2, 0.25) is 0 Å². The quantitative estimate of drug-likeness (QED) is 0.734. The molecule has 14 heavy (non-hydrogen) atoms. The maximum atomic E-state index is 11.0. The molecule has 0 fully saturated rings. The summed E-state index contributed by atoms with van der Waals surface area (Å²) in [6.07, 6.45) is 1.64. The average Bonchev–Trinajstić information content (AvgIpc) is 2.19. The number of rotatable bonds is 5. The zero-order chi connectivity index (χ0) is 10.4. The second kappa shape index (κ2) is 5.39. The molecule has 1 aromatic rings. The molecular weight excluding hydrogens is 182 g/mol. The van der Waals surface area contributed by atoms with Gasteiger partial charge in [0, 0.05) is 26.3 Å². The molecule has 1 heterocycles. The number of methoxy groups -OCH3 is 1. The number of likely N-dealkylation sites (N-methyl/N-ethyl adjacent to an activating group) is 1. The van der Waals surface area contributed by atoms with E-state index in [1.807, 2.05) is 11.8 Å². The van der Waals surface area contributed by atoms with Gasteiger partial charge in [-0.05, 0) is 6.92 Å². The summed E-state index contributed by atoms with van der Waals surface area (Å²) in [6, 6.07) is 1.53. The first-order valence-electron chi connectivity index (χ1n) is 4.56. The number of anilines is 1. The van der Waals surface area contributed by atoms with Gasteiger partial charge in [0.1, 0.15) is 0 Å². The lowest BCUT2D eigenvalue weighted by Crippen LogP contribution is -2.28. The van der Waals surface area contributed by atoms with Crippen molar-refractivity contribution in [2.75, 3.05) is 31.7 Å². The highest BCUT2D eigenvalue weighted by molar-refractivity contribution is 5.42. The maximum Gasteiger partial charge on any atom is 0.266 e. The molecule has 0 bridgehead atoms. The van der Waals surface area contributed by atoms with E-state index in [1.54, 1.807) is 13.3 Å². The number of nitrogens with zero attached hydrogens (tertiary/aromatic N) is 2. The van der Waals surface area contributed by atoms with Crippen molar-refractivity contribution in [3.05, 3.63) is 22.6 Å². The summed E-state index contributed by atoms with van der Waals surface area (Å²) < 4.78 is 4.98. The number of ether oxygens (including phenoxy) is 1. The number of aromatic nitrogens is 2. The highest BCUT2D eigenvalue weighted by Gasteiger charge is 2.04. The summed E-state index contributed by atoms with van der Waals surface area (Å²) in [4.78, 5) is 13.0. The van der Waals surface area contributed by atoms with E-state index in [0.29, 0.717) is 6.61 Å². The van der Waals surface area contributed by atoms with Crippen molar-refractivity contribution in [1.82, 2.24) is 10.2 Å². The van der Waals surface area contributed by atoms with Crippen LogP contribution in [-0.4, -0.2) is 37.0 Å². The van der Waals surface area contributed by atoms with E-state index in [2.05, 4.69) is 10.2 Å². The smallest absolute Gasteiger partial charge is 0.266 e. The van der Waals surface area contributed by atoms with Crippen molar-refractivity contribution in [2.45, 2.75) is 6.92 Å². The third-order valence-electron chi connectivity index (χ3n) is 1.96. The predicted molar refractivity (Wildman–Crippen MR) is 54.6 cm³/mol. The van der Waals surface area contributed by atoms with Gasteiger partial charge in [-0.15, -0.1) is 0 Å². The van der Waals surface area contributed by atoms with Crippen LogP contribution >= 0.6 is 0 Å². The molecule has 0 aliphatic rings. The van der Waals surface area contributed by atoms with Gasteiger partial charge in [-0.2, -0.15) is 5.10 Å². The first-order chi connectivity index (χ1) is 6.77. The van der Waals surface area contributed by atoms with Crippen LogP contribution in [0.15, 0.2) is 17.1 Å². The fraction of sp³-hybridized carbons (Fsp3) is 0.556. The fourth-order valence-electron chi connectivity index (χ4n) is 1.21. The van der Waals surface area contributed by atoms with Gasteiger partial charge >= 0.3 is 0 Å². The van der Waals surface area contributed by atoms with Gasteiger partial charge in [0.05, 0.1) is 18.5 Å². The van der Waals surface area contributed by atoms with Crippen LogP contribution in [0.4, 0.5) is 5.69 Å². The second-order valence-corrected chi connectivity index (χ2v) is 2.88. The Hall–Kier alpha value is -1.36. The second-order valence-electron chi connectivity index (χ2n) is 2.88. The fourth-order valence-corrected chi connectivity index (χ4v) is 1.21. The maximum absolute atomic E-state index is 11.0. The first kappa shape index (κ1) is 10.7. The Labute approximate surface area is 82.7 Å². The summed E-state index contributed by atoms with van der Waals surface area (Å²) in [5.41, 5.74) is 0.645. The molecular formula is C9H15N3O2. The molecule has 0 amide bonds.